The summed E-state index contributed by atoms with van der Waals surface area (Å²) >= 11 is 0. The van der Waals surface area contributed by atoms with Gasteiger partial charge in [-0.25, -0.2) is 0 Å². The quantitative estimate of drug-likeness (QED) is 0.442. The van der Waals surface area contributed by atoms with Crippen LogP contribution in [-0.4, -0.2) is 5.78 Å². The summed E-state index contributed by atoms with van der Waals surface area (Å²) in [5, 5.41) is 1.35. The summed E-state index contributed by atoms with van der Waals surface area (Å²) in [5.74, 6) is -0.00620. The molecule has 0 N–H and O–H groups in total. The van der Waals surface area contributed by atoms with Crippen molar-refractivity contribution in [2.45, 2.75) is 0 Å². The third-order valence-corrected chi connectivity index (χ3v) is 3.30. The Morgan fingerprint density at radius 2 is 1.50 bits per heavy atom. The fraction of sp³-hybridized carbons (Fsp3) is 0. The van der Waals surface area contributed by atoms with E-state index in [1.807, 2.05) is 36.4 Å². The van der Waals surface area contributed by atoms with Gasteiger partial charge in [0.2, 0.25) is 0 Å². The molecular formula is C14H6O2. The van der Waals surface area contributed by atoms with Crippen LogP contribution in [0.5, 0.6) is 0 Å². The summed E-state index contributed by atoms with van der Waals surface area (Å²) in [6.45, 7) is 0. The van der Waals surface area contributed by atoms with E-state index in [1.165, 1.54) is 0 Å². The maximum atomic E-state index is 12.1. The Balaban J connectivity index is 2.21. The van der Waals surface area contributed by atoms with E-state index in [4.69, 9.17) is 0 Å². The van der Waals surface area contributed by atoms with Crippen molar-refractivity contribution in [1.82, 2.24) is 0 Å². The molecule has 2 nitrogen and oxygen atoms in total. The maximum absolute atomic E-state index is 12.1. The Bertz CT molecular complexity index is 786. The first-order valence-electron chi connectivity index (χ1n) is 5.15. The second-order valence-corrected chi connectivity index (χ2v) is 4.11. The van der Waals surface area contributed by atoms with E-state index >= 15 is 0 Å². The Morgan fingerprint density at radius 3 is 2.31 bits per heavy atom. The van der Waals surface area contributed by atoms with Crippen LogP contribution in [0.1, 0.15) is 15.9 Å². The molecule has 0 bridgehead atoms. The molecule has 0 saturated carbocycles. The molecule has 16 heavy (non-hydrogen) atoms. The molecule has 1 aliphatic carbocycles. The minimum absolute atomic E-state index is 0.00620. The highest BCUT2D eigenvalue weighted by Crippen LogP contribution is 2.40. The van der Waals surface area contributed by atoms with Crippen LogP contribution in [0.25, 0.3) is 21.9 Å². The number of fused-ring (bicyclic) bond motifs is 5. The van der Waals surface area contributed by atoms with Crippen molar-refractivity contribution in [3.63, 3.8) is 0 Å². The maximum Gasteiger partial charge on any atom is 0.195 e. The number of hydrogen-bond acceptors (Lipinski definition) is 2. The second-order valence-electron chi connectivity index (χ2n) is 4.11. The molecule has 0 fully saturated rings. The van der Waals surface area contributed by atoms with Crippen molar-refractivity contribution < 1.29 is 4.79 Å². The molecule has 0 saturated heterocycles. The summed E-state index contributed by atoms with van der Waals surface area (Å²) in [7, 11) is 0. The molecule has 3 aromatic carbocycles. The zero-order valence-electron chi connectivity index (χ0n) is 8.28. The minimum atomic E-state index is -0.00620. The molecule has 4 rings (SSSR count). The van der Waals surface area contributed by atoms with Crippen LogP contribution in [0.2, 0.25) is 0 Å². The predicted octanol–water partition coefficient (Wildman–Crippen LogP) is 2.29. The lowest BCUT2D eigenvalue weighted by Crippen LogP contribution is -1.94. The van der Waals surface area contributed by atoms with Crippen molar-refractivity contribution in [3.05, 3.63) is 57.7 Å². The lowest BCUT2D eigenvalue weighted by atomic mass is 10.1. The molecule has 0 heterocycles. The van der Waals surface area contributed by atoms with E-state index in [9.17, 15) is 9.59 Å². The van der Waals surface area contributed by atoms with Gasteiger partial charge in [-0.3, -0.25) is 9.59 Å². The zero-order chi connectivity index (χ0) is 10.9. The third kappa shape index (κ3) is 0.714. The predicted molar refractivity (Wildman–Crippen MR) is 61.5 cm³/mol. The lowest BCUT2D eigenvalue weighted by molar-refractivity contribution is 0.104. The normalized spacial score (nSPS) is 13.4. The molecule has 0 amide bonds. The van der Waals surface area contributed by atoms with Gasteiger partial charge in [-0.2, -0.15) is 0 Å². The Hall–Kier alpha value is -2.22. The average molecular weight is 206 g/mol. The fourth-order valence-electron chi connectivity index (χ4n) is 2.49. The largest absolute Gasteiger partial charge is 0.289 e. The molecule has 3 aromatic rings. The van der Waals surface area contributed by atoms with Crippen molar-refractivity contribution in [2.24, 2.45) is 0 Å². The molecule has 74 valence electrons. The van der Waals surface area contributed by atoms with Gasteiger partial charge in [0.15, 0.2) is 11.2 Å². The molecule has 0 spiro atoms. The minimum Gasteiger partial charge on any atom is -0.289 e. The van der Waals surface area contributed by atoms with Crippen LogP contribution >= 0.6 is 0 Å². The first kappa shape index (κ1) is 7.99. The van der Waals surface area contributed by atoms with Crippen molar-refractivity contribution in [3.8, 4) is 11.1 Å². The number of carbonyl (C=O) groups excluding carboxylic acids is 1. The van der Waals surface area contributed by atoms with E-state index in [2.05, 4.69) is 0 Å². The van der Waals surface area contributed by atoms with Gasteiger partial charge in [-0.1, -0.05) is 30.3 Å². The fourth-order valence-corrected chi connectivity index (χ4v) is 2.49. The molecule has 0 aromatic heterocycles. The van der Waals surface area contributed by atoms with Gasteiger partial charge in [-0.15, -0.1) is 0 Å². The topological polar surface area (TPSA) is 34.1 Å². The molecule has 0 radical (unpaired) electrons. The molecule has 0 atom stereocenters. The number of carbonyl (C=O) groups is 1. The van der Waals surface area contributed by atoms with Crippen LogP contribution in [0.15, 0.2) is 41.2 Å². The van der Waals surface area contributed by atoms with Gasteiger partial charge in [0.1, 0.15) is 0 Å². The Labute approximate surface area is 90.8 Å². The number of rotatable bonds is 0. The summed E-state index contributed by atoms with van der Waals surface area (Å²) in [6, 6.07) is 11.2. The highest BCUT2D eigenvalue weighted by molar-refractivity contribution is 6.29. The van der Waals surface area contributed by atoms with Crippen LogP contribution in [0.3, 0.4) is 0 Å². The Morgan fingerprint density at radius 1 is 0.750 bits per heavy atom. The van der Waals surface area contributed by atoms with E-state index in [0.717, 1.165) is 11.1 Å². The van der Waals surface area contributed by atoms with E-state index in [-0.39, 0.29) is 11.2 Å². The van der Waals surface area contributed by atoms with Gasteiger partial charge < -0.3 is 0 Å². The first-order valence-corrected chi connectivity index (χ1v) is 5.15. The van der Waals surface area contributed by atoms with Crippen LogP contribution in [0.4, 0.5) is 0 Å². The van der Waals surface area contributed by atoms with E-state index < -0.39 is 0 Å². The van der Waals surface area contributed by atoms with Gasteiger partial charge in [0.25, 0.3) is 0 Å². The van der Waals surface area contributed by atoms with Crippen LogP contribution in [0, 0.1) is 0 Å². The number of hydrogen-bond donors (Lipinski definition) is 0. The average Bonchev–Trinajstić information content (AvgIpc) is 2.89. The summed E-state index contributed by atoms with van der Waals surface area (Å²) in [4.78, 5) is 23.6. The zero-order valence-corrected chi connectivity index (χ0v) is 8.28. The number of ketones is 1. The van der Waals surface area contributed by atoms with Gasteiger partial charge in [-0.05, 0) is 17.2 Å². The molecule has 0 unspecified atom stereocenters. The van der Waals surface area contributed by atoms with E-state index in [1.54, 1.807) is 0 Å². The van der Waals surface area contributed by atoms with Gasteiger partial charge >= 0.3 is 0 Å². The van der Waals surface area contributed by atoms with E-state index in [0.29, 0.717) is 21.9 Å². The second kappa shape index (κ2) is 2.30. The summed E-state index contributed by atoms with van der Waals surface area (Å²) in [5.41, 5.74) is 3.21. The Kier molecular flexibility index (Phi) is 1.15. The SMILES string of the molecule is O=C1c2ccccc2-c2ccc3c(=O)c3c21. The highest BCUT2D eigenvalue weighted by Gasteiger charge is 2.32. The van der Waals surface area contributed by atoms with Gasteiger partial charge in [0, 0.05) is 21.9 Å². The van der Waals surface area contributed by atoms with Crippen molar-refractivity contribution >= 4 is 16.6 Å². The smallest absolute Gasteiger partial charge is 0.195 e. The molecule has 0 aliphatic heterocycles. The monoisotopic (exact) mass is 206 g/mol. The molecule has 2 heteroatoms. The first-order chi connectivity index (χ1) is 7.79. The lowest BCUT2D eigenvalue weighted by Gasteiger charge is -1.95. The third-order valence-electron chi connectivity index (χ3n) is 3.30. The van der Waals surface area contributed by atoms with Crippen molar-refractivity contribution in [2.75, 3.05) is 0 Å². The van der Waals surface area contributed by atoms with Crippen LogP contribution < -0.4 is 5.43 Å². The molecular weight excluding hydrogens is 200 g/mol. The summed E-state index contributed by atoms with van der Waals surface area (Å²) < 4.78 is 0. The number of benzene rings is 2. The highest BCUT2D eigenvalue weighted by atomic mass is 16.1. The van der Waals surface area contributed by atoms with Crippen molar-refractivity contribution in [1.29, 1.82) is 0 Å². The summed E-state index contributed by atoms with van der Waals surface area (Å²) in [6.07, 6.45) is 0. The van der Waals surface area contributed by atoms with Crippen LogP contribution in [-0.2, 0) is 0 Å². The standard InChI is InChI=1S/C14H6O2/c15-13-9-4-2-1-3-7(9)8-5-6-10-12(11(8)13)14(10)16/h1-6H. The molecule has 1 aliphatic rings. The van der Waals surface area contributed by atoms with Gasteiger partial charge in [0.05, 0.1) is 0 Å².